The third-order valence-electron chi connectivity index (χ3n) is 2.85. The highest BCUT2D eigenvalue weighted by atomic mass is 35.5. The molecule has 0 atom stereocenters. The number of hydrogen-bond acceptors (Lipinski definition) is 4. The number of aromatic nitrogens is 1. The van der Waals surface area contributed by atoms with Crippen molar-refractivity contribution >= 4 is 40.7 Å². The van der Waals surface area contributed by atoms with Gasteiger partial charge in [-0.2, -0.15) is 0 Å². The SMILES string of the molecule is CCOc1ccc(C(=O)NC(=S)Nc2cccc(C)n2)cc1Cl. The molecule has 2 rings (SSSR count). The van der Waals surface area contributed by atoms with E-state index >= 15 is 0 Å². The number of carbonyl (C=O) groups is 1. The summed E-state index contributed by atoms with van der Waals surface area (Å²) in [4.78, 5) is 16.4. The lowest BCUT2D eigenvalue weighted by atomic mass is 10.2. The number of aryl methyl sites for hydroxylation is 1. The molecule has 1 heterocycles. The Hall–Kier alpha value is -2.18. The summed E-state index contributed by atoms with van der Waals surface area (Å²) in [5.41, 5.74) is 1.24. The second kappa shape index (κ2) is 7.89. The molecule has 1 amide bonds. The van der Waals surface area contributed by atoms with Crippen LogP contribution in [-0.2, 0) is 0 Å². The summed E-state index contributed by atoms with van der Waals surface area (Å²) < 4.78 is 5.33. The Balaban J connectivity index is 2.01. The van der Waals surface area contributed by atoms with Gasteiger partial charge in [0.05, 0.1) is 11.6 Å². The molecule has 0 fully saturated rings. The molecule has 0 saturated heterocycles. The van der Waals surface area contributed by atoms with Gasteiger partial charge in [-0.15, -0.1) is 0 Å². The molecule has 0 bridgehead atoms. The summed E-state index contributed by atoms with van der Waals surface area (Å²) in [6.45, 7) is 4.23. The molecule has 2 aromatic rings. The van der Waals surface area contributed by atoms with Gasteiger partial charge in [0, 0.05) is 11.3 Å². The van der Waals surface area contributed by atoms with E-state index in [0.29, 0.717) is 28.8 Å². The van der Waals surface area contributed by atoms with E-state index in [9.17, 15) is 4.79 Å². The summed E-state index contributed by atoms with van der Waals surface area (Å²) in [5, 5.41) is 5.98. The number of rotatable bonds is 4. The first-order chi connectivity index (χ1) is 11.0. The molecule has 0 aliphatic rings. The van der Waals surface area contributed by atoms with E-state index in [1.54, 1.807) is 18.2 Å². The van der Waals surface area contributed by atoms with Gasteiger partial charge in [0.2, 0.25) is 0 Å². The number of carbonyl (C=O) groups excluding carboxylic acids is 1. The smallest absolute Gasteiger partial charge is 0.257 e. The van der Waals surface area contributed by atoms with Crippen molar-refractivity contribution in [3.8, 4) is 5.75 Å². The van der Waals surface area contributed by atoms with Crippen LogP contribution in [0.2, 0.25) is 5.02 Å². The largest absolute Gasteiger partial charge is 0.492 e. The molecule has 0 aliphatic heterocycles. The quantitative estimate of drug-likeness (QED) is 0.826. The van der Waals surface area contributed by atoms with Crippen molar-refractivity contribution < 1.29 is 9.53 Å². The third kappa shape index (κ3) is 4.91. The van der Waals surface area contributed by atoms with Gasteiger partial charge < -0.3 is 10.1 Å². The number of thiocarbonyl (C=S) groups is 1. The molecule has 0 aliphatic carbocycles. The van der Waals surface area contributed by atoms with Crippen molar-refractivity contribution in [1.29, 1.82) is 0 Å². The standard InChI is InChI=1S/C16H16ClN3O2S/c1-3-22-13-8-7-11(9-12(13)17)15(21)20-16(23)19-14-6-4-5-10(2)18-14/h4-9H,3H2,1-2H3,(H2,18,19,20,21,23). The zero-order valence-corrected chi connectivity index (χ0v) is 14.3. The lowest BCUT2D eigenvalue weighted by molar-refractivity contribution is 0.0977. The molecule has 1 aromatic heterocycles. The second-order valence-corrected chi connectivity index (χ2v) is 5.47. The van der Waals surface area contributed by atoms with Crippen LogP contribution in [0.3, 0.4) is 0 Å². The van der Waals surface area contributed by atoms with E-state index in [-0.39, 0.29) is 11.0 Å². The number of halogens is 1. The molecule has 0 radical (unpaired) electrons. The van der Waals surface area contributed by atoms with Crippen molar-refractivity contribution in [3.63, 3.8) is 0 Å². The number of pyridine rings is 1. The number of benzene rings is 1. The minimum absolute atomic E-state index is 0.165. The number of nitrogens with zero attached hydrogens (tertiary/aromatic N) is 1. The van der Waals surface area contributed by atoms with Crippen molar-refractivity contribution in [3.05, 3.63) is 52.7 Å². The van der Waals surface area contributed by atoms with Gasteiger partial charge in [-0.25, -0.2) is 4.98 Å². The van der Waals surface area contributed by atoms with Crippen molar-refractivity contribution in [2.75, 3.05) is 11.9 Å². The molecule has 5 nitrogen and oxygen atoms in total. The minimum atomic E-state index is -0.361. The molecule has 0 spiro atoms. The van der Waals surface area contributed by atoms with Gasteiger partial charge >= 0.3 is 0 Å². The maximum atomic E-state index is 12.2. The number of amides is 1. The first-order valence-corrected chi connectivity index (χ1v) is 7.76. The minimum Gasteiger partial charge on any atom is -0.492 e. The van der Waals surface area contributed by atoms with Crippen molar-refractivity contribution in [2.45, 2.75) is 13.8 Å². The molecule has 1 aromatic carbocycles. The van der Waals surface area contributed by atoms with Crippen LogP contribution in [0.5, 0.6) is 5.75 Å². The van der Waals surface area contributed by atoms with Crippen LogP contribution in [0.4, 0.5) is 5.82 Å². The number of nitrogens with one attached hydrogen (secondary N) is 2. The van der Waals surface area contributed by atoms with Crippen LogP contribution >= 0.6 is 23.8 Å². The van der Waals surface area contributed by atoms with E-state index < -0.39 is 0 Å². The average Bonchev–Trinajstić information content (AvgIpc) is 2.49. The Morgan fingerprint density at radius 2 is 2.13 bits per heavy atom. The van der Waals surface area contributed by atoms with E-state index in [0.717, 1.165) is 5.69 Å². The lowest BCUT2D eigenvalue weighted by Gasteiger charge is -2.10. The molecule has 120 valence electrons. The molecular weight excluding hydrogens is 334 g/mol. The van der Waals surface area contributed by atoms with Crippen molar-refractivity contribution in [2.24, 2.45) is 0 Å². The summed E-state index contributed by atoms with van der Waals surface area (Å²) in [7, 11) is 0. The van der Waals surface area contributed by atoms with Crippen LogP contribution < -0.4 is 15.4 Å². The fourth-order valence-electron chi connectivity index (χ4n) is 1.85. The molecule has 0 unspecified atom stereocenters. The monoisotopic (exact) mass is 349 g/mol. The topological polar surface area (TPSA) is 63.2 Å². The maximum absolute atomic E-state index is 12.2. The average molecular weight is 350 g/mol. The Morgan fingerprint density at radius 1 is 1.35 bits per heavy atom. The lowest BCUT2D eigenvalue weighted by Crippen LogP contribution is -2.34. The number of anilines is 1. The molecule has 7 heteroatoms. The Kier molecular flexibility index (Phi) is 5.90. The van der Waals surface area contributed by atoms with Gasteiger partial charge in [-0.05, 0) is 56.4 Å². The first-order valence-electron chi connectivity index (χ1n) is 6.98. The van der Waals surface area contributed by atoms with Gasteiger partial charge in [-0.3, -0.25) is 10.1 Å². The van der Waals surface area contributed by atoms with E-state index in [1.807, 2.05) is 26.0 Å². The van der Waals surface area contributed by atoms with Gasteiger partial charge in [0.25, 0.3) is 5.91 Å². The van der Waals surface area contributed by atoms with Crippen LogP contribution in [-0.4, -0.2) is 22.6 Å². The Bertz CT molecular complexity index is 737. The summed E-state index contributed by atoms with van der Waals surface area (Å²) >= 11 is 11.2. The third-order valence-corrected chi connectivity index (χ3v) is 3.35. The summed E-state index contributed by atoms with van der Waals surface area (Å²) in [6.07, 6.45) is 0. The zero-order chi connectivity index (χ0) is 16.8. The van der Waals surface area contributed by atoms with Crippen LogP contribution in [0, 0.1) is 6.92 Å². The zero-order valence-electron chi connectivity index (χ0n) is 12.7. The fourth-order valence-corrected chi connectivity index (χ4v) is 2.28. The highest BCUT2D eigenvalue weighted by Crippen LogP contribution is 2.25. The van der Waals surface area contributed by atoms with Crippen LogP contribution in [0.15, 0.2) is 36.4 Å². The van der Waals surface area contributed by atoms with Gasteiger partial charge in [-0.1, -0.05) is 17.7 Å². The fraction of sp³-hybridized carbons (Fsp3) is 0.188. The predicted molar refractivity (Wildman–Crippen MR) is 95.3 cm³/mol. The Morgan fingerprint density at radius 3 is 2.78 bits per heavy atom. The highest BCUT2D eigenvalue weighted by molar-refractivity contribution is 7.80. The number of hydrogen-bond donors (Lipinski definition) is 2. The van der Waals surface area contributed by atoms with Crippen LogP contribution in [0.25, 0.3) is 0 Å². The normalized spacial score (nSPS) is 10.0. The molecule has 23 heavy (non-hydrogen) atoms. The van der Waals surface area contributed by atoms with E-state index in [2.05, 4.69) is 15.6 Å². The molecule has 0 saturated carbocycles. The molecule has 2 N–H and O–H groups in total. The number of ether oxygens (including phenoxy) is 1. The molecular formula is C16H16ClN3O2S. The van der Waals surface area contributed by atoms with E-state index in [4.69, 9.17) is 28.6 Å². The predicted octanol–water partition coefficient (Wildman–Crippen LogP) is 3.57. The van der Waals surface area contributed by atoms with Gasteiger partial charge in [0.1, 0.15) is 11.6 Å². The Labute approximate surface area is 145 Å². The first kappa shape index (κ1) is 17.2. The summed E-state index contributed by atoms with van der Waals surface area (Å²) in [5.74, 6) is 0.746. The second-order valence-electron chi connectivity index (χ2n) is 4.65. The van der Waals surface area contributed by atoms with E-state index in [1.165, 1.54) is 6.07 Å². The highest BCUT2D eigenvalue weighted by Gasteiger charge is 2.11. The van der Waals surface area contributed by atoms with Crippen LogP contribution in [0.1, 0.15) is 23.0 Å². The van der Waals surface area contributed by atoms with Gasteiger partial charge in [0.15, 0.2) is 5.11 Å². The maximum Gasteiger partial charge on any atom is 0.257 e. The van der Waals surface area contributed by atoms with Crippen molar-refractivity contribution in [1.82, 2.24) is 10.3 Å². The summed E-state index contributed by atoms with van der Waals surface area (Å²) in [6, 6.07) is 10.3.